The third-order valence-corrected chi connectivity index (χ3v) is 4.02. The molecule has 7 nitrogen and oxygen atoms in total. The van der Waals surface area contributed by atoms with Crippen molar-refractivity contribution in [3.8, 4) is 0 Å². The number of likely N-dealkylation sites (tertiary alicyclic amines) is 1. The summed E-state index contributed by atoms with van der Waals surface area (Å²) in [7, 11) is 3.00. The molecule has 2 atom stereocenters. The maximum Gasteiger partial charge on any atom is 0.256 e. The van der Waals surface area contributed by atoms with E-state index in [1.54, 1.807) is 0 Å². The molecule has 2 N–H and O–H groups in total. The lowest BCUT2D eigenvalue weighted by atomic mass is 9.96. The van der Waals surface area contributed by atoms with Gasteiger partial charge in [0.05, 0.1) is 6.54 Å². The molecule has 0 aromatic rings. The molecule has 0 radical (unpaired) electrons. The third kappa shape index (κ3) is 3.47. The molecular formula is C15H25N3O4. The number of amides is 3. The van der Waals surface area contributed by atoms with Gasteiger partial charge in [-0.1, -0.05) is 20.4 Å². The summed E-state index contributed by atoms with van der Waals surface area (Å²) in [5.74, 6) is -1.26. The van der Waals surface area contributed by atoms with Crippen LogP contribution in [0.3, 0.4) is 0 Å². The number of hydrogen-bond acceptors (Lipinski definition) is 4. The predicted octanol–water partition coefficient (Wildman–Crippen LogP) is -0.635. The summed E-state index contributed by atoms with van der Waals surface area (Å²) >= 11 is 0. The highest BCUT2D eigenvalue weighted by Crippen LogP contribution is 2.25. The van der Waals surface area contributed by atoms with Crippen LogP contribution >= 0.6 is 0 Å². The average Bonchev–Trinajstić information content (AvgIpc) is 2.88. The molecule has 0 bridgehead atoms. The van der Waals surface area contributed by atoms with Crippen LogP contribution in [0.1, 0.15) is 20.3 Å². The maximum absolute atomic E-state index is 12.6. The first-order valence-electron chi connectivity index (χ1n) is 7.30. The summed E-state index contributed by atoms with van der Waals surface area (Å²) in [5.41, 5.74) is -1.66. The van der Waals surface area contributed by atoms with E-state index in [0.717, 1.165) is 6.08 Å². The van der Waals surface area contributed by atoms with E-state index in [-0.39, 0.29) is 37.2 Å². The van der Waals surface area contributed by atoms with Gasteiger partial charge in [0.25, 0.3) is 5.91 Å². The van der Waals surface area contributed by atoms with E-state index in [2.05, 4.69) is 11.9 Å². The fourth-order valence-corrected chi connectivity index (χ4v) is 2.81. The molecule has 0 unspecified atom stereocenters. The van der Waals surface area contributed by atoms with Crippen LogP contribution in [-0.2, 0) is 14.4 Å². The molecule has 1 aliphatic heterocycles. The number of nitrogens with zero attached hydrogens (tertiary/aromatic N) is 2. The highest BCUT2D eigenvalue weighted by molar-refractivity contribution is 5.93. The SMILES string of the molecule is C=CC(=O)N1CC[C@](O)(C(=O)N(C)[C@H](C(=O)NC)C(C)C)C1. The first-order chi connectivity index (χ1) is 10.2. The molecule has 1 rings (SSSR count). The monoisotopic (exact) mass is 311 g/mol. The average molecular weight is 311 g/mol. The number of hydrogen-bond donors (Lipinski definition) is 2. The van der Waals surface area contributed by atoms with Crippen molar-refractivity contribution in [3.05, 3.63) is 12.7 Å². The summed E-state index contributed by atoms with van der Waals surface area (Å²) in [6, 6.07) is -0.675. The predicted molar refractivity (Wildman–Crippen MR) is 81.8 cm³/mol. The lowest BCUT2D eigenvalue weighted by Gasteiger charge is -2.34. The number of rotatable bonds is 5. The van der Waals surface area contributed by atoms with Gasteiger partial charge >= 0.3 is 0 Å². The number of β-amino-alcohol motifs (C(OH)–C–C–N with tert-alkyl or cyclic N) is 1. The van der Waals surface area contributed by atoms with Gasteiger partial charge in [0, 0.05) is 27.1 Å². The first kappa shape index (κ1) is 18.2. The van der Waals surface area contributed by atoms with E-state index in [0.29, 0.717) is 0 Å². The van der Waals surface area contributed by atoms with E-state index >= 15 is 0 Å². The van der Waals surface area contributed by atoms with Gasteiger partial charge in [-0.15, -0.1) is 0 Å². The largest absolute Gasteiger partial charge is 0.378 e. The van der Waals surface area contributed by atoms with Crippen LogP contribution in [-0.4, -0.2) is 71.5 Å². The van der Waals surface area contributed by atoms with E-state index in [4.69, 9.17) is 0 Å². The van der Waals surface area contributed by atoms with E-state index in [1.165, 1.54) is 23.9 Å². The van der Waals surface area contributed by atoms with E-state index in [9.17, 15) is 19.5 Å². The minimum atomic E-state index is -1.66. The molecule has 1 heterocycles. The van der Waals surface area contributed by atoms with Gasteiger partial charge < -0.3 is 20.2 Å². The molecule has 1 aliphatic rings. The van der Waals surface area contributed by atoms with E-state index < -0.39 is 17.6 Å². The van der Waals surface area contributed by atoms with Crippen LogP contribution in [0.5, 0.6) is 0 Å². The topological polar surface area (TPSA) is 90.0 Å². The van der Waals surface area contributed by atoms with Gasteiger partial charge in [0.1, 0.15) is 6.04 Å². The molecule has 0 aliphatic carbocycles. The van der Waals surface area contributed by atoms with Gasteiger partial charge in [0.15, 0.2) is 5.60 Å². The van der Waals surface area contributed by atoms with Crippen molar-refractivity contribution < 1.29 is 19.5 Å². The van der Waals surface area contributed by atoms with Crippen molar-refractivity contribution in [2.75, 3.05) is 27.2 Å². The Kier molecular flexibility index (Phi) is 5.71. The molecule has 0 aromatic carbocycles. The minimum Gasteiger partial charge on any atom is -0.378 e. The molecule has 1 saturated heterocycles. The van der Waals surface area contributed by atoms with Crippen molar-refractivity contribution in [2.45, 2.75) is 31.9 Å². The smallest absolute Gasteiger partial charge is 0.256 e. The number of carbonyl (C=O) groups is 3. The second-order valence-electron chi connectivity index (χ2n) is 5.96. The first-order valence-corrected chi connectivity index (χ1v) is 7.30. The minimum absolute atomic E-state index is 0.0837. The van der Waals surface area contributed by atoms with Gasteiger partial charge in [-0.2, -0.15) is 0 Å². The Bertz CT molecular complexity index is 477. The molecule has 3 amide bonds. The Hall–Kier alpha value is -1.89. The fraction of sp³-hybridized carbons (Fsp3) is 0.667. The zero-order valence-corrected chi connectivity index (χ0v) is 13.6. The molecule has 0 spiro atoms. The van der Waals surface area contributed by atoms with Gasteiger partial charge in [-0.05, 0) is 12.0 Å². The fourth-order valence-electron chi connectivity index (χ4n) is 2.81. The quantitative estimate of drug-likeness (QED) is 0.661. The zero-order valence-electron chi connectivity index (χ0n) is 13.6. The highest BCUT2D eigenvalue weighted by atomic mass is 16.3. The third-order valence-electron chi connectivity index (χ3n) is 4.02. The van der Waals surface area contributed by atoms with Crippen molar-refractivity contribution in [1.29, 1.82) is 0 Å². The lowest BCUT2D eigenvalue weighted by Crippen LogP contribution is -2.57. The number of aliphatic hydroxyl groups is 1. The Morgan fingerprint density at radius 2 is 2.00 bits per heavy atom. The Morgan fingerprint density at radius 1 is 1.41 bits per heavy atom. The number of nitrogens with one attached hydrogen (secondary N) is 1. The Labute approximate surface area is 131 Å². The normalized spacial score (nSPS) is 22.4. The summed E-state index contributed by atoms with van der Waals surface area (Å²) < 4.78 is 0. The molecule has 1 fully saturated rings. The molecule has 22 heavy (non-hydrogen) atoms. The van der Waals surface area contributed by atoms with Crippen LogP contribution in [0.25, 0.3) is 0 Å². The van der Waals surface area contributed by atoms with Gasteiger partial charge in [-0.3, -0.25) is 14.4 Å². The van der Waals surface area contributed by atoms with Crippen molar-refractivity contribution >= 4 is 17.7 Å². The summed E-state index contributed by atoms with van der Waals surface area (Å²) in [4.78, 5) is 38.8. The van der Waals surface area contributed by atoms with Gasteiger partial charge in [0.2, 0.25) is 11.8 Å². The molecule has 124 valence electrons. The molecule has 0 saturated carbocycles. The van der Waals surface area contributed by atoms with Crippen LogP contribution in [0.4, 0.5) is 0 Å². The number of carbonyl (C=O) groups excluding carboxylic acids is 3. The zero-order chi connectivity index (χ0) is 17.1. The Balaban J connectivity index is 2.92. The van der Waals surface area contributed by atoms with Crippen molar-refractivity contribution in [3.63, 3.8) is 0 Å². The Morgan fingerprint density at radius 3 is 2.45 bits per heavy atom. The second-order valence-corrected chi connectivity index (χ2v) is 5.96. The van der Waals surface area contributed by atoms with Gasteiger partial charge in [-0.25, -0.2) is 0 Å². The summed E-state index contributed by atoms with van der Waals surface area (Å²) in [6.45, 7) is 7.26. The highest BCUT2D eigenvalue weighted by Gasteiger charge is 2.47. The van der Waals surface area contributed by atoms with Crippen LogP contribution in [0, 0.1) is 5.92 Å². The van der Waals surface area contributed by atoms with Crippen LogP contribution in [0.2, 0.25) is 0 Å². The molecular weight excluding hydrogens is 286 g/mol. The van der Waals surface area contributed by atoms with Crippen LogP contribution < -0.4 is 5.32 Å². The molecule has 0 aromatic heterocycles. The number of likely N-dealkylation sites (N-methyl/N-ethyl adjacent to an activating group) is 2. The second kappa shape index (κ2) is 6.91. The van der Waals surface area contributed by atoms with E-state index in [1.807, 2.05) is 13.8 Å². The standard InChI is InChI=1S/C15H25N3O4/c1-6-11(19)18-8-7-15(22,9-18)14(21)17(5)12(10(2)3)13(20)16-4/h6,10,12,22H,1,7-9H2,2-5H3,(H,16,20)/t12-,15+/m0/s1. The van der Waals surface area contributed by atoms with Crippen LogP contribution in [0.15, 0.2) is 12.7 Å². The molecule has 7 heteroatoms. The lowest BCUT2D eigenvalue weighted by molar-refractivity contribution is -0.155. The van der Waals surface area contributed by atoms with Crippen molar-refractivity contribution in [2.24, 2.45) is 5.92 Å². The maximum atomic E-state index is 12.6. The summed E-state index contributed by atoms with van der Waals surface area (Å²) in [5, 5.41) is 13.1. The summed E-state index contributed by atoms with van der Waals surface area (Å²) in [6.07, 6.45) is 1.30. The van der Waals surface area contributed by atoms with Crippen molar-refractivity contribution in [1.82, 2.24) is 15.1 Å².